The first-order chi connectivity index (χ1) is 10.6. The summed E-state index contributed by atoms with van der Waals surface area (Å²) in [6.45, 7) is 0.579. The summed E-state index contributed by atoms with van der Waals surface area (Å²) in [5, 5.41) is 9.95. The number of benzene rings is 1. The minimum absolute atomic E-state index is 0.174. The summed E-state index contributed by atoms with van der Waals surface area (Å²) in [6, 6.07) is 6.90. The second-order valence-electron chi connectivity index (χ2n) is 6.09. The predicted molar refractivity (Wildman–Crippen MR) is 85.4 cm³/mol. The lowest BCUT2D eigenvalue weighted by atomic mass is 9.83. The lowest BCUT2D eigenvalue weighted by molar-refractivity contribution is 0.0646. The standard InChI is InChI=1S/C16H22N2O3S/c19-14-9-3-1-6-12(14)7-5-11-17-16-13-8-2-4-10-15(13)22(20,21)18-16/h2,4,8,10,12,14,19H,1,3,5-7,9,11H2,(H,17,18). The molecule has 22 heavy (non-hydrogen) atoms. The van der Waals surface area contributed by atoms with E-state index in [1.54, 1.807) is 18.2 Å². The van der Waals surface area contributed by atoms with Crippen molar-refractivity contribution in [3.05, 3.63) is 29.8 Å². The number of hydrogen-bond donors (Lipinski definition) is 2. The number of rotatable bonds is 4. The van der Waals surface area contributed by atoms with E-state index >= 15 is 0 Å². The first-order valence-electron chi connectivity index (χ1n) is 7.93. The lowest BCUT2D eigenvalue weighted by Gasteiger charge is -2.27. The van der Waals surface area contributed by atoms with Gasteiger partial charge in [-0.05, 0) is 43.7 Å². The van der Waals surface area contributed by atoms with Crippen LogP contribution in [-0.2, 0) is 10.0 Å². The summed E-state index contributed by atoms with van der Waals surface area (Å²) < 4.78 is 26.4. The number of sulfonamides is 1. The first-order valence-corrected chi connectivity index (χ1v) is 9.41. The molecule has 3 rings (SSSR count). The molecule has 0 aromatic heterocycles. The zero-order valence-electron chi connectivity index (χ0n) is 12.5. The highest BCUT2D eigenvalue weighted by Crippen LogP contribution is 2.28. The molecule has 1 saturated carbocycles. The summed E-state index contributed by atoms with van der Waals surface area (Å²) in [6.07, 6.45) is 5.97. The SMILES string of the molecule is O=S1(=O)NC(=NCCCC2CCCCC2O)c2ccccc21. The zero-order valence-corrected chi connectivity index (χ0v) is 13.3. The van der Waals surface area contributed by atoms with Crippen molar-refractivity contribution < 1.29 is 13.5 Å². The largest absolute Gasteiger partial charge is 0.393 e. The molecule has 1 heterocycles. The van der Waals surface area contributed by atoms with E-state index in [0.29, 0.717) is 28.8 Å². The molecule has 1 aliphatic heterocycles. The Labute approximate surface area is 131 Å². The van der Waals surface area contributed by atoms with Crippen LogP contribution in [0.15, 0.2) is 34.2 Å². The maximum atomic E-state index is 12.0. The number of aliphatic hydroxyl groups is 1. The molecule has 1 aromatic rings. The Kier molecular flexibility index (Phi) is 4.49. The zero-order chi connectivity index (χ0) is 15.6. The Morgan fingerprint density at radius 1 is 1.23 bits per heavy atom. The van der Waals surface area contributed by atoms with Crippen molar-refractivity contribution >= 4 is 15.9 Å². The van der Waals surface area contributed by atoms with Gasteiger partial charge in [-0.15, -0.1) is 0 Å². The number of fused-ring (bicyclic) bond motifs is 1. The highest BCUT2D eigenvalue weighted by atomic mass is 32.2. The fraction of sp³-hybridized carbons (Fsp3) is 0.562. The third-order valence-corrected chi connectivity index (χ3v) is 5.93. The van der Waals surface area contributed by atoms with Gasteiger partial charge in [-0.25, -0.2) is 8.42 Å². The van der Waals surface area contributed by atoms with Crippen LogP contribution < -0.4 is 4.72 Å². The van der Waals surface area contributed by atoms with E-state index in [0.717, 1.165) is 32.1 Å². The molecule has 0 amide bonds. The maximum absolute atomic E-state index is 12.0. The second kappa shape index (κ2) is 6.38. The van der Waals surface area contributed by atoms with Gasteiger partial charge < -0.3 is 5.11 Å². The average molecular weight is 322 g/mol. The molecule has 120 valence electrons. The van der Waals surface area contributed by atoms with Gasteiger partial charge in [0.2, 0.25) is 0 Å². The van der Waals surface area contributed by atoms with Crippen molar-refractivity contribution in [3.63, 3.8) is 0 Å². The highest BCUT2D eigenvalue weighted by Gasteiger charge is 2.30. The van der Waals surface area contributed by atoms with Gasteiger partial charge in [-0.2, -0.15) is 0 Å². The molecule has 2 atom stereocenters. The van der Waals surface area contributed by atoms with Crippen molar-refractivity contribution in [2.24, 2.45) is 10.9 Å². The third-order valence-electron chi connectivity index (χ3n) is 4.53. The molecule has 0 bridgehead atoms. The van der Waals surface area contributed by atoms with E-state index in [9.17, 15) is 13.5 Å². The van der Waals surface area contributed by atoms with Gasteiger partial charge in [-0.1, -0.05) is 25.0 Å². The van der Waals surface area contributed by atoms with Crippen LogP contribution in [0.2, 0.25) is 0 Å². The van der Waals surface area contributed by atoms with Crippen LogP contribution in [0.25, 0.3) is 0 Å². The van der Waals surface area contributed by atoms with Crippen LogP contribution in [-0.4, -0.2) is 32.0 Å². The Morgan fingerprint density at radius 3 is 2.82 bits per heavy atom. The van der Waals surface area contributed by atoms with Crippen molar-refractivity contribution in [3.8, 4) is 0 Å². The van der Waals surface area contributed by atoms with Crippen LogP contribution in [0.5, 0.6) is 0 Å². The van der Waals surface area contributed by atoms with Crippen molar-refractivity contribution in [2.45, 2.75) is 49.5 Å². The number of aliphatic hydroxyl groups excluding tert-OH is 1. The number of amidine groups is 1. The van der Waals surface area contributed by atoms with Gasteiger partial charge in [-0.3, -0.25) is 9.71 Å². The Bertz CT molecular complexity index is 670. The van der Waals surface area contributed by atoms with Gasteiger partial charge in [0.05, 0.1) is 11.0 Å². The van der Waals surface area contributed by atoms with Gasteiger partial charge in [0.1, 0.15) is 5.84 Å². The van der Waals surface area contributed by atoms with E-state index in [-0.39, 0.29) is 6.10 Å². The Morgan fingerprint density at radius 2 is 2.00 bits per heavy atom. The summed E-state index contributed by atoms with van der Waals surface area (Å²) in [5.41, 5.74) is 0.653. The van der Waals surface area contributed by atoms with E-state index in [1.807, 2.05) is 6.07 Å². The number of hydrogen-bond acceptors (Lipinski definition) is 4. The third kappa shape index (κ3) is 3.17. The topological polar surface area (TPSA) is 78.8 Å². The minimum Gasteiger partial charge on any atom is -0.393 e. The van der Waals surface area contributed by atoms with E-state index < -0.39 is 10.0 Å². The van der Waals surface area contributed by atoms with Gasteiger partial charge >= 0.3 is 0 Å². The predicted octanol–water partition coefficient (Wildman–Crippen LogP) is 2.06. The second-order valence-corrected chi connectivity index (χ2v) is 7.74. The quantitative estimate of drug-likeness (QED) is 0.833. The molecular formula is C16H22N2O3S. The molecule has 1 aromatic carbocycles. The average Bonchev–Trinajstić information content (AvgIpc) is 2.77. The van der Waals surface area contributed by atoms with E-state index in [4.69, 9.17) is 0 Å². The van der Waals surface area contributed by atoms with Crippen molar-refractivity contribution in [2.75, 3.05) is 6.54 Å². The molecule has 1 fully saturated rings. The molecule has 0 spiro atoms. The molecule has 0 saturated heterocycles. The summed E-state index contributed by atoms with van der Waals surface area (Å²) in [7, 11) is -3.44. The van der Waals surface area contributed by atoms with Gasteiger partial charge in [0, 0.05) is 12.1 Å². The van der Waals surface area contributed by atoms with Crippen molar-refractivity contribution in [1.29, 1.82) is 0 Å². The fourth-order valence-corrected chi connectivity index (χ4v) is 4.57. The molecule has 2 N–H and O–H groups in total. The van der Waals surface area contributed by atoms with Crippen LogP contribution >= 0.6 is 0 Å². The lowest BCUT2D eigenvalue weighted by Crippen LogP contribution is -2.25. The summed E-state index contributed by atoms with van der Waals surface area (Å²) in [5.74, 6) is 0.821. The van der Waals surface area contributed by atoms with E-state index in [1.165, 1.54) is 6.42 Å². The van der Waals surface area contributed by atoms with Crippen LogP contribution in [0, 0.1) is 5.92 Å². The fourth-order valence-electron chi connectivity index (χ4n) is 3.32. The molecule has 0 radical (unpaired) electrons. The Hall–Kier alpha value is -1.40. The number of nitrogens with one attached hydrogen (secondary N) is 1. The monoisotopic (exact) mass is 322 g/mol. The molecule has 6 heteroatoms. The molecule has 2 aliphatic rings. The van der Waals surface area contributed by atoms with Gasteiger partial charge in [0.25, 0.3) is 10.0 Å². The first kappa shape index (κ1) is 15.5. The molecule has 2 unspecified atom stereocenters. The molecule has 5 nitrogen and oxygen atoms in total. The smallest absolute Gasteiger partial charge is 0.263 e. The van der Waals surface area contributed by atoms with Crippen LogP contribution in [0.1, 0.15) is 44.1 Å². The van der Waals surface area contributed by atoms with Crippen LogP contribution in [0.4, 0.5) is 0 Å². The Balaban J connectivity index is 1.60. The highest BCUT2D eigenvalue weighted by molar-refractivity contribution is 7.90. The molecule has 1 aliphatic carbocycles. The minimum atomic E-state index is -3.44. The summed E-state index contributed by atoms with van der Waals surface area (Å²) >= 11 is 0. The normalized spacial score (nSPS) is 28.3. The van der Waals surface area contributed by atoms with E-state index in [2.05, 4.69) is 9.71 Å². The summed E-state index contributed by atoms with van der Waals surface area (Å²) in [4.78, 5) is 4.72. The maximum Gasteiger partial charge on any atom is 0.263 e. The molecular weight excluding hydrogens is 300 g/mol. The van der Waals surface area contributed by atoms with Gasteiger partial charge in [0.15, 0.2) is 0 Å². The van der Waals surface area contributed by atoms with Crippen molar-refractivity contribution in [1.82, 2.24) is 4.72 Å². The number of nitrogens with zero attached hydrogens (tertiary/aromatic N) is 1. The van der Waals surface area contributed by atoms with Crippen LogP contribution in [0.3, 0.4) is 0 Å². The number of aliphatic imine (C=N–C) groups is 1.